The monoisotopic (exact) mass is 241 g/mol. The molecule has 2 aromatic rings. The van der Waals surface area contributed by atoms with Crippen LogP contribution in [-0.2, 0) is 4.74 Å². The average Bonchev–Trinajstić information content (AvgIpc) is 2.87. The maximum Gasteiger partial charge on any atom is 0.0866 e. The first-order valence-electron chi connectivity index (χ1n) is 6.63. The zero-order chi connectivity index (χ0) is 12.4. The summed E-state index contributed by atoms with van der Waals surface area (Å²) in [5.74, 6) is 0.594. The molecular formula is C16H19NO. The van der Waals surface area contributed by atoms with Crippen molar-refractivity contribution in [2.45, 2.75) is 12.5 Å². The molecule has 1 aliphatic rings. The summed E-state index contributed by atoms with van der Waals surface area (Å²) in [5, 5.41) is 5.86. The van der Waals surface area contributed by atoms with E-state index in [0.29, 0.717) is 5.92 Å². The van der Waals surface area contributed by atoms with Crippen LogP contribution in [0.3, 0.4) is 0 Å². The second kappa shape index (κ2) is 5.09. The molecule has 1 heterocycles. The van der Waals surface area contributed by atoms with Crippen molar-refractivity contribution < 1.29 is 4.74 Å². The summed E-state index contributed by atoms with van der Waals surface area (Å²) < 4.78 is 5.91. The molecule has 1 aliphatic heterocycles. The Hall–Kier alpha value is -1.38. The van der Waals surface area contributed by atoms with E-state index >= 15 is 0 Å². The first kappa shape index (κ1) is 11.7. The molecule has 0 amide bonds. The van der Waals surface area contributed by atoms with E-state index in [4.69, 9.17) is 4.74 Å². The van der Waals surface area contributed by atoms with Crippen LogP contribution in [0.4, 0.5) is 0 Å². The second-order valence-electron chi connectivity index (χ2n) is 5.00. The van der Waals surface area contributed by atoms with Crippen molar-refractivity contribution in [3.8, 4) is 0 Å². The van der Waals surface area contributed by atoms with Gasteiger partial charge in [0.25, 0.3) is 0 Å². The summed E-state index contributed by atoms with van der Waals surface area (Å²) in [6, 6.07) is 15.2. The van der Waals surface area contributed by atoms with Crippen molar-refractivity contribution in [3.63, 3.8) is 0 Å². The Bertz CT molecular complexity index is 537. The van der Waals surface area contributed by atoms with Gasteiger partial charge in [0.15, 0.2) is 0 Å². The molecule has 0 bridgehead atoms. The van der Waals surface area contributed by atoms with E-state index in [1.54, 1.807) is 0 Å². The van der Waals surface area contributed by atoms with Gasteiger partial charge in [0.2, 0.25) is 0 Å². The molecule has 2 aromatic carbocycles. The highest BCUT2D eigenvalue weighted by atomic mass is 16.5. The molecule has 2 unspecified atom stereocenters. The smallest absolute Gasteiger partial charge is 0.0866 e. The number of hydrogen-bond donors (Lipinski definition) is 1. The maximum atomic E-state index is 5.91. The largest absolute Gasteiger partial charge is 0.373 e. The van der Waals surface area contributed by atoms with E-state index in [1.165, 1.54) is 16.3 Å². The third kappa shape index (κ3) is 2.14. The van der Waals surface area contributed by atoms with Crippen molar-refractivity contribution in [2.75, 3.05) is 20.2 Å². The fourth-order valence-electron chi connectivity index (χ4n) is 2.86. The van der Waals surface area contributed by atoms with E-state index in [1.807, 2.05) is 7.05 Å². The zero-order valence-electron chi connectivity index (χ0n) is 10.7. The molecular weight excluding hydrogens is 222 g/mol. The molecule has 2 nitrogen and oxygen atoms in total. The van der Waals surface area contributed by atoms with Crippen molar-refractivity contribution in [1.29, 1.82) is 0 Å². The molecule has 1 saturated heterocycles. The Morgan fingerprint density at radius 3 is 2.83 bits per heavy atom. The molecule has 0 radical (unpaired) electrons. The van der Waals surface area contributed by atoms with Crippen LogP contribution in [0.1, 0.15) is 18.1 Å². The molecule has 18 heavy (non-hydrogen) atoms. The van der Waals surface area contributed by atoms with E-state index in [9.17, 15) is 0 Å². The molecule has 3 rings (SSSR count). The van der Waals surface area contributed by atoms with E-state index in [-0.39, 0.29) is 6.10 Å². The summed E-state index contributed by atoms with van der Waals surface area (Å²) in [4.78, 5) is 0. The molecule has 1 fully saturated rings. The molecule has 2 atom stereocenters. The third-order valence-corrected chi connectivity index (χ3v) is 3.78. The minimum atomic E-state index is 0.252. The Morgan fingerprint density at radius 1 is 1.17 bits per heavy atom. The zero-order valence-corrected chi connectivity index (χ0v) is 10.7. The predicted molar refractivity (Wildman–Crippen MR) is 74.7 cm³/mol. The number of ether oxygens (including phenoxy) is 1. The molecule has 0 aromatic heterocycles. The predicted octanol–water partition coefficient (Wildman–Crippen LogP) is 3.14. The minimum absolute atomic E-state index is 0.252. The number of fused-ring (bicyclic) bond motifs is 1. The Labute approximate surface area is 108 Å². The van der Waals surface area contributed by atoms with Gasteiger partial charge >= 0.3 is 0 Å². The van der Waals surface area contributed by atoms with Crippen LogP contribution in [0.2, 0.25) is 0 Å². The highest BCUT2D eigenvalue weighted by Gasteiger charge is 2.28. The fraction of sp³-hybridized carbons (Fsp3) is 0.375. The number of nitrogens with one attached hydrogen (secondary N) is 1. The van der Waals surface area contributed by atoms with Gasteiger partial charge in [-0.25, -0.2) is 0 Å². The van der Waals surface area contributed by atoms with Gasteiger partial charge in [-0.2, -0.15) is 0 Å². The average molecular weight is 241 g/mol. The maximum absolute atomic E-state index is 5.91. The van der Waals surface area contributed by atoms with Gasteiger partial charge in [0.05, 0.1) is 6.10 Å². The van der Waals surface area contributed by atoms with E-state index < -0.39 is 0 Å². The van der Waals surface area contributed by atoms with Gasteiger partial charge in [0, 0.05) is 19.1 Å². The molecule has 1 N–H and O–H groups in total. The lowest BCUT2D eigenvalue weighted by Crippen LogP contribution is -2.21. The van der Waals surface area contributed by atoms with Crippen LogP contribution in [0.5, 0.6) is 0 Å². The highest BCUT2D eigenvalue weighted by molar-refractivity contribution is 5.83. The summed E-state index contributed by atoms with van der Waals surface area (Å²) in [7, 11) is 2.01. The van der Waals surface area contributed by atoms with Crippen LogP contribution in [0.25, 0.3) is 10.8 Å². The fourth-order valence-corrected chi connectivity index (χ4v) is 2.86. The summed E-state index contributed by atoms with van der Waals surface area (Å²) in [6.07, 6.45) is 1.40. The number of rotatable bonds is 3. The standard InChI is InChI=1S/C16H19NO/c1-17-11-15-8-9-18-16(15)14-7-6-12-4-2-3-5-13(12)10-14/h2-7,10,15-17H,8-9,11H2,1H3. The van der Waals surface area contributed by atoms with Gasteiger partial charge in [0.1, 0.15) is 0 Å². The van der Waals surface area contributed by atoms with E-state index in [0.717, 1.165) is 19.6 Å². The van der Waals surface area contributed by atoms with Crippen molar-refractivity contribution in [2.24, 2.45) is 5.92 Å². The third-order valence-electron chi connectivity index (χ3n) is 3.78. The molecule has 94 valence electrons. The van der Waals surface area contributed by atoms with Crippen LogP contribution >= 0.6 is 0 Å². The Morgan fingerprint density at radius 2 is 2.00 bits per heavy atom. The lowest BCUT2D eigenvalue weighted by atomic mass is 9.94. The quantitative estimate of drug-likeness (QED) is 0.891. The molecule has 0 saturated carbocycles. The van der Waals surface area contributed by atoms with Gasteiger partial charge in [-0.15, -0.1) is 0 Å². The molecule has 0 spiro atoms. The van der Waals surface area contributed by atoms with Crippen LogP contribution < -0.4 is 5.32 Å². The van der Waals surface area contributed by atoms with Gasteiger partial charge in [-0.1, -0.05) is 36.4 Å². The lowest BCUT2D eigenvalue weighted by Gasteiger charge is -2.19. The first-order chi connectivity index (χ1) is 8.88. The minimum Gasteiger partial charge on any atom is -0.373 e. The van der Waals surface area contributed by atoms with Crippen LogP contribution in [0, 0.1) is 5.92 Å². The van der Waals surface area contributed by atoms with Gasteiger partial charge < -0.3 is 10.1 Å². The second-order valence-corrected chi connectivity index (χ2v) is 5.00. The van der Waals surface area contributed by atoms with Gasteiger partial charge in [-0.05, 0) is 35.9 Å². The topological polar surface area (TPSA) is 21.3 Å². The summed E-state index contributed by atoms with van der Waals surface area (Å²) in [6.45, 7) is 1.90. The first-order valence-corrected chi connectivity index (χ1v) is 6.63. The summed E-state index contributed by atoms with van der Waals surface area (Å²) in [5.41, 5.74) is 1.31. The SMILES string of the molecule is CNCC1CCOC1c1ccc2ccccc2c1. The molecule has 2 heteroatoms. The van der Waals surface area contributed by atoms with Crippen LogP contribution in [0.15, 0.2) is 42.5 Å². The van der Waals surface area contributed by atoms with Crippen molar-refractivity contribution in [1.82, 2.24) is 5.32 Å². The summed E-state index contributed by atoms with van der Waals surface area (Å²) >= 11 is 0. The van der Waals surface area contributed by atoms with Gasteiger partial charge in [-0.3, -0.25) is 0 Å². The number of hydrogen-bond acceptors (Lipinski definition) is 2. The normalized spacial score (nSPS) is 23.6. The van der Waals surface area contributed by atoms with Crippen molar-refractivity contribution >= 4 is 10.8 Å². The highest BCUT2D eigenvalue weighted by Crippen LogP contribution is 2.35. The van der Waals surface area contributed by atoms with E-state index in [2.05, 4.69) is 47.8 Å². The lowest BCUT2D eigenvalue weighted by molar-refractivity contribution is 0.0911. The van der Waals surface area contributed by atoms with Crippen LogP contribution in [-0.4, -0.2) is 20.2 Å². The Kier molecular flexibility index (Phi) is 3.31. The Balaban J connectivity index is 1.93. The van der Waals surface area contributed by atoms with Crippen molar-refractivity contribution in [3.05, 3.63) is 48.0 Å². The molecule has 0 aliphatic carbocycles. The number of benzene rings is 2.